The number of aromatic nitrogens is 2. The number of ether oxygens (including phenoxy) is 1. The number of nitrogens with one attached hydrogen (secondary N) is 1. The van der Waals surface area contributed by atoms with Gasteiger partial charge >= 0.3 is 11.7 Å². The van der Waals surface area contributed by atoms with Crippen LogP contribution in [0.2, 0.25) is 0 Å². The lowest BCUT2D eigenvalue weighted by Gasteiger charge is -2.37. The van der Waals surface area contributed by atoms with Gasteiger partial charge in [-0.15, -0.1) is 0 Å². The van der Waals surface area contributed by atoms with E-state index >= 15 is 0 Å². The van der Waals surface area contributed by atoms with Crippen LogP contribution in [0.15, 0.2) is 58.1 Å². The largest absolute Gasteiger partial charge is 0.466 e. The van der Waals surface area contributed by atoms with Crippen LogP contribution in [0.1, 0.15) is 27.5 Å². The fourth-order valence-electron chi connectivity index (χ4n) is 4.38. The van der Waals surface area contributed by atoms with Crippen molar-refractivity contribution in [1.82, 2.24) is 14.5 Å². The van der Waals surface area contributed by atoms with E-state index in [4.69, 9.17) is 7.48 Å². The first kappa shape index (κ1) is 19.4. The van der Waals surface area contributed by atoms with Crippen LogP contribution in [0.3, 0.4) is 0 Å². The van der Waals surface area contributed by atoms with Gasteiger partial charge in [-0.2, -0.15) is 0 Å². The molecule has 1 aromatic heterocycles. The van der Waals surface area contributed by atoms with Crippen LogP contribution in [0, 0.1) is 11.7 Å². The number of aromatic amines is 1. The van der Waals surface area contributed by atoms with Gasteiger partial charge in [-0.05, 0) is 55.6 Å². The Balaban J connectivity index is 1.52. The Hall–Kier alpha value is -3.26. The average molecular weight is 444 g/mol. The van der Waals surface area contributed by atoms with E-state index < -0.39 is 24.2 Å². The van der Waals surface area contributed by atoms with Gasteiger partial charge in [-0.3, -0.25) is 14.2 Å². The molecule has 1 fully saturated rings. The number of halogens is 1. The average Bonchev–Trinajstić information content (AvgIpc) is 2.84. The smallest absolute Gasteiger partial charge is 0.328 e. The lowest BCUT2D eigenvalue weighted by Crippen LogP contribution is -2.46. The molecule has 1 aliphatic rings. The number of piperidine rings is 1. The molecule has 3 aromatic rings. The molecule has 168 valence electrons. The summed E-state index contributed by atoms with van der Waals surface area (Å²) in [5.74, 6) is -1.79. The molecule has 1 aliphatic heterocycles. The lowest BCUT2D eigenvalue weighted by molar-refractivity contribution is -0.150. The normalized spacial score (nSPS) is 21.0. The van der Waals surface area contributed by atoms with Crippen LogP contribution in [0.4, 0.5) is 4.39 Å². The fourth-order valence-corrected chi connectivity index (χ4v) is 4.38. The molecule has 1 unspecified atom stereocenters. The van der Waals surface area contributed by atoms with Crippen molar-refractivity contribution in [3.05, 3.63) is 80.7 Å². The van der Waals surface area contributed by atoms with Gasteiger partial charge in [0.05, 0.1) is 24.8 Å². The number of benzene rings is 2. The summed E-state index contributed by atoms with van der Waals surface area (Å²) in [7, 11) is 0. The van der Waals surface area contributed by atoms with E-state index in [0.717, 1.165) is 10.1 Å². The van der Waals surface area contributed by atoms with Gasteiger partial charge in [0.2, 0.25) is 0 Å². The minimum Gasteiger partial charge on any atom is -0.466 e. The molecule has 2 aromatic carbocycles. The number of para-hydroxylation sites is 1. The van der Waals surface area contributed by atoms with E-state index in [1.807, 2.05) is 4.90 Å². The van der Waals surface area contributed by atoms with Gasteiger partial charge < -0.3 is 14.6 Å². The Morgan fingerprint density at radius 2 is 2.00 bits per heavy atom. The van der Waals surface area contributed by atoms with Crippen molar-refractivity contribution in [3.8, 4) is 0 Å². The summed E-state index contributed by atoms with van der Waals surface area (Å²) in [4.78, 5) is 42.8. The SMILES string of the molecule is [3H]CC([3H])OC(=O)[C@H]1CN(CCn2c(=O)[nH]c3ccccc3c2=O)CC[C@H]1c1ccc(F)cc1. The van der Waals surface area contributed by atoms with E-state index in [9.17, 15) is 18.8 Å². The number of H-pyrrole nitrogens is 1. The number of hydrogen-bond acceptors (Lipinski definition) is 5. The third-order valence-electron chi connectivity index (χ3n) is 6.03. The number of hydrogen-bond donors (Lipinski definition) is 1. The monoisotopic (exact) mass is 443 g/mol. The molecule has 0 spiro atoms. The highest BCUT2D eigenvalue weighted by Gasteiger charge is 2.36. The van der Waals surface area contributed by atoms with Gasteiger partial charge in [0.1, 0.15) is 5.82 Å². The molecule has 7 nitrogen and oxygen atoms in total. The first-order chi connectivity index (χ1) is 16.4. The van der Waals surface area contributed by atoms with E-state index in [1.54, 1.807) is 36.4 Å². The van der Waals surface area contributed by atoms with Crippen LogP contribution in [0.25, 0.3) is 10.9 Å². The standard InChI is InChI=1S/C24H26FN3O4/c1-2-32-23(30)20-15-27(12-11-18(20)16-7-9-17(25)10-8-16)13-14-28-22(29)19-5-3-4-6-21(19)26-24(28)31/h3-10,18,20H,2,11-15H2,1H3,(H,26,31)/t18-,20-/m0/s1/i1T,2T/t2?,18-,20-. The third-order valence-corrected chi connectivity index (χ3v) is 6.03. The summed E-state index contributed by atoms with van der Waals surface area (Å²) in [5.41, 5.74) is 0.422. The first-order valence-corrected chi connectivity index (χ1v) is 10.5. The number of esters is 1. The molecule has 0 radical (unpaired) electrons. The molecular formula is C24H26FN3O4. The van der Waals surface area contributed by atoms with Crippen molar-refractivity contribution < 1.29 is 16.7 Å². The number of rotatable bonds is 6. The molecule has 3 atom stereocenters. The molecule has 0 amide bonds. The van der Waals surface area contributed by atoms with Gasteiger partial charge in [0.15, 0.2) is 0 Å². The highest BCUT2D eigenvalue weighted by atomic mass is 19.1. The number of carbonyl (C=O) groups excluding carboxylic acids is 1. The maximum atomic E-state index is 13.4. The van der Waals surface area contributed by atoms with Crippen LogP contribution < -0.4 is 11.2 Å². The van der Waals surface area contributed by atoms with Crippen molar-refractivity contribution in [1.29, 1.82) is 0 Å². The minimum absolute atomic E-state index is 0.149. The minimum atomic E-state index is -1.27. The van der Waals surface area contributed by atoms with Gasteiger partial charge in [0.25, 0.3) is 5.56 Å². The molecule has 0 saturated carbocycles. The Morgan fingerprint density at radius 3 is 2.78 bits per heavy atom. The highest BCUT2D eigenvalue weighted by Crippen LogP contribution is 2.34. The van der Waals surface area contributed by atoms with Crippen molar-refractivity contribution in [2.45, 2.75) is 25.8 Å². The van der Waals surface area contributed by atoms with Gasteiger partial charge in [0, 0.05) is 21.0 Å². The second-order valence-electron chi connectivity index (χ2n) is 7.89. The summed E-state index contributed by atoms with van der Waals surface area (Å²) in [6.45, 7) is -0.219. The van der Waals surface area contributed by atoms with Crippen LogP contribution in [0.5, 0.6) is 0 Å². The molecule has 32 heavy (non-hydrogen) atoms. The molecule has 0 bridgehead atoms. The first-order valence-electron chi connectivity index (χ1n) is 11.8. The topological polar surface area (TPSA) is 84.4 Å². The van der Waals surface area contributed by atoms with Gasteiger partial charge in [-0.1, -0.05) is 24.3 Å². The molecule has 1 saturated heterocycles. The van der Waals surface area contributed by atoms with Crippen LogP contribution >= 0.6 is 0 Å². The quantitative estimate of drug-likeness (QED) is 0.592. The second-order valence-corrected chi connectivity index (χ2v) is 7.89. The fraction of sp³-hybridized carbons (Fsp3) is 0.375. The van der Waals surface area contributed by atoms with Gasteiger partial charge in [-0.25, -0.2) is 9.18 Å². The zero-order chi connectivity index (χ0) is 24.2. The van der Waals surface area contributed by atoms with Crippen molar-refractivity contribution in [2.75, 3.05) is 26.2 Å². The predicted octanol–water partition coefficient (Wildman–Crippen LogP) is 2.50. The molecule has 8 heteroatoms. The van der Waals surface area contributed by atoms with Crippen molar-refractivity contribution in [2.24, 2.45) is 5.92 Å². The predicted molar refractivity (Wildman–Crippen MR) is 119 cm³/mol. The van der Waals surface area contributed by atoms with E-state index in [0.29, 0.717) is 37.0 Å². The Bertz CT molecular complexity index is 1280. The summed E-state index contributed by atoms with van der Waals surface area (Å²) >= 11 is 0. The zero-order valence-electron chi connectivity index (χ0n) is 19.5. The van der Waals surface area contributed by atoms with Crippen molar-refractivity contribution >= 4 is 16.9 Å². The zero-order valence-corrected chi connectivity index (χ0v) is 17.5. The van der Waals surface area contributed by atoms with E-state index in [2.05, 4.69) is 4.98 Å². The molecular weight excluding hydrogens is 413 g/mol. The number of nitrogens with zero attached hydrogens (tertiary/aromatic N) is 2. The summed E-state index contributed by atoms with van der Waals surface area (Å²) < 4.78 is 34.6. The van der Waals surface area contributed by atoms with E-state index in [-0.39, 0.29) is 30.7 Å². The number of fused-ring (bicyclic) bond motifs is 1. The maximum absolute atomic E-state index is 13.4. The third kappa shape index (κ3) is 4.50. The summed E-state index contributed by atoms with van der Waals surface area (Å²) in [5, 5.41) is 0.426. The van der Waals surface area contributed by atoms with E-state index in [1.165, 1.54) is 12.1 Å². The molecule has 0 aliphatic carbocycles. The number of carbonyl (C=O) groups is 1. The Kier molecular flexibility index (Phi) is 5.76. The summed E-state index contributed by atoms with van der Waals surface area (Å²) in [6.07, 6.45) is 0.581. The molecule has 2 heterocycles. The van der Waals surface area contributed by atoms with Crippen molar-refractivity contribution in [3.63, 3.8) is 0 Å². The summed E-state index contributed by atoms with van der Waals surface area (Å²) in [6, 6.07) is 12.8. The lowest BCUT2D eigenvalue weighted by atomic mass is 9.80. The second kappa shape index (κ2) is 9.48. The Morgan fingerprint density at radius 1 is 1.22 bits per heavy atom. The molecule has 4 rings (SSSR count). The number of likely N-dealkylation sites (tertiary alicyclic amines) is 1. The highest BCUT2D eigenvalue weighted by molar-refractivity contribution is 5.77. The molecule has 1 N–H and O–H groups in total. The maximum Gasteiger partial charge on any atom is 0.328 e. The van der Waals surface area contributed by atoms with Crippen LogP contribution in [-0.4, -0.2) is 46.6 Å². The Labute approximate surface area is 187 Å². The van der Waals surface area contributed by atoms with Crippen LogP contribution in [-0.2, 0) is 16.1 Å².